The van der Waals surface area contributed by atoms with E-state index in [0.29, 0.717) is 71.9 Å². The molecule has 0 heterocycles. The fourth-order valence-corrected chi connectivity index (χ4v) is 7.87. The number of fused-ring (bicyclic) bond motifs is 8. The summed E-state index contributed by atoms with van der Waals surface area (Å²) in [5.41, 5.74) is 10.1. The van der Waals surface area contributed by atoms with Gasteiger partial charge in [0.1, 0.15) is 29.6 Å². The summed E-state index contributed by atoms with van der Waals surface area (Å²) in [7, 11) is 0. The Morgan fingerprint density at radius 3 is 0.883 bits per heavy atom. The summed E-state index contributed by atoms with van der Waals surface area (Å²) in [5.74, 6) is 1.39. The highest BCUT2D eigenvalue weighted by molar-refractivity contribution is 9.09. The van der Waals surface area contributed by atoms with Crippen molar-refractivity contribution in [1.29, 1.82) is 0 Å². The largest absolute Gasteiger partial charge is 0.507 e. The fourth-order valence-electron chi connectivity index (χ4n) is 7.64. The van der Waals surface area contributed by atoms with Crippen molar-refractivity contribution in [2.75, 3.05) is 51.6 Å². The third-order valence-electron chi connectivity index (χ3n) is 11.5. The molecule has 0 amide bonds. The number of benzene rings is 4. The minimum Gasteiger partial charge on any atom is -0.507 e. The number of aromatic hydroxyl groups is 3. The zero-order valence-corrected chi connectivity index (χ0v) is 40.0. The van der Waals surface area contributed by atoms with E-state index in [9.17, 15) is 15.3 Å². The molecule has 0 saturated heterocycles. The van der Waals surface area contributed by atoms with Crippen LogP contribution in [0.15, 0.2) is 48.5 Å². The van der Waals surface area contributed by atoms with Gasteiger partial charge in [0.05, 0.1) is 39.6 Å². The molecule has 5 rings (SSSR count). The maximum absolute atomic E-state index is 12.3. The quantitative estimate of drug-likeness (QED) is 0.0848. The van der Waals surface area contributed by atoms with E-state index in [1.165, 1.54) is 0 Å². The molecule has 0 unspecified atom stereocenters. The Morgan fingerprint density at radius 2 is 0.617 bits per heavy atom. The average molecular weight is 888 g/mol. The number of halogens is 1. The van der Waals surface area contributed by atoms with Crippen LogP contribution in [0.25, 0.3) is 0 Å². The van der Waals surface area contributed by atoms with Gasteiger partial charge in [0.2, 0.25) is 0 Å². The van der Waals surface area contributed by atoms with Crippen LogP contribution < -0.4 is 4.74 Å². The minimum absolute atomic E-state index is 0.197. The van der Waals surface area contributed by atoms with E-state index in [-0.39, 0.29) is 38.9 Å². The van der Waals surface area contributed by atoms with Crippen LogP contribution in [0.5, 0.6) is 23.0 Å². The van der Waals surface area contributed by atoms with Gasteiger partial charge in [-0.3, -0.25) is 0 Å². The molecule has 0 radical (unpaired) electrons. The van der Waals surface area contributed by atoms with Gasteiger partial charge >= 0.3 is 0 Å². The highest BCUT2D eigenvalue weighted by atomic mass is 79.9. The Balaban J connectivity index is 1.70. The molecule has 0 atom stereocenters. The van der Waals surface area contributed by atoms with E-state index >= 15 is 0 Å². The SMILES string of the molecule is CC(C)(C)c1cc2c(O)c(c1)Cc1cc(C(C)(C)C)cc(c1O)Cc1cc(C(C)(C)C)cc(c1OCCOCCOCCOCCBr)Cc1cc(C(C)(C)C)cc(c1O)C2. The highest BCUT2D eigenvalue weighted by Crippen LogP contribution is 2.43. The zero-order valence-electron chi connectivity index (χ0n) is 38.5. The second-order valence-electron chi connectivity index (χ2n) is 20.6. The molecule has 8 bridgehead atoms. The van der Waals surface area contributed by atoms with Crippen LogP contribution in [0.3, 0.4) is 0 Å². The van der Waals surface area contributed by atoms with Gasteiger partial charge in [0, 0.05) is 31.0 Å². The molecule has 0 saturated carbocycles. The van der Waals surface area contributed by atoms with Crippen LogP contribution in [-0.4, -0.2) is 66.9 Å². The number of rotatable bonds is 12. The lowest BCUT2D eigenvalue weighted by molar-refractivity contribution is 0.0118. The first-order chi connectivity index (χ1) is 28.0. The number of ether oxygens (including phenoxy) is 4. The van der Waals surface area contributed by atoms with Crippen LogP contribution in [0.2, 0.25) is 0 Å². The van der Waals surface area contributed by atoms with E-state index < -0.39 is 0 Å². The molecule has 8 heteroatoms. The van der Waals surface area contributed by atoms with Crippen LogP contribution in [-0.2, 0) is 61.6 Å². The summed E-state index contributed by atoms with van der Waals surface area (Å²) < 4.78 is 23.9. The first-order valence-electron chi connectivity index (χ1n) is 21.6. The first kappa shape index (κ1) is 47.5. The molecule has 3 N–H and O–H groups in total. The maximum Gasteiger partial charge on any atom is 0.126 e. The predicted molar refractivity (Wildman–Crippen MR) is 249 cm³/mol. The summed E-state index contributed by atoms with van der Waals surface area (Å²) in [6, 6.07) is 17.1. The Bertz CT molecular complexity index is 1990. The van der Waals surface area contributed by atoms with Gasteiger partial charge in [-0.2, -0.15) is 0 Å². The van der Waals surface area contributed by atoms with Gasteiger partial charge in [-0.25, -0.2) is 0 Å². The molecule has 60 heavy (non-hydrogen) atoms. The second-order valence-corrected chi connectivity index (χ2v) is 21.4. The third kappa shape index (κ3) is 12.1. The van der Waals surface area contributed by atoms with Crippen molar-refractivity contribution in [2.24, 2.45) is 0 Å². The van der Waals surface area contributed by atoms with E-state index in [1.807, 2.05) is 0 Å². The monoisotopic (exact) mass is 886 g/mol. The smallest absolute Gasteiger partial charge is 0.126 e. The zero-order chi connectivity index (χ0) is 44.2. The molecule has 7 nitrogen and oxygen atoms in total. The molecule has 1 aliphatic rings. The topological polar surface area (TPSA) is 97.6 Å². The molecular formula is C52H71BrO7. The van der Waals surface area contributed by atoms with Crippen LogP contribution in [0.1, 0.15) is 150 Å². The summed E-state index contributed by atoms with van der Waals surface area (Å²) in [6.45, 7) is 29.6. The molecule has 0 aromatic heterocycles. The lowest BCUT2D eigenvalue weighted by atomic mass is 9.79. The molecule has 1 aliphatic carbocycles. The summed E-state index contributed by atoms with van der Waals surface area (Å²) in [6.07, 6.45) is 1.51. The van der Waals surface area contributed by atoms with Gasteiger partial charge in [0.15, 0.2) is 0 Å². The van der Waals surface area contributed by atoms with E-state index in [1.54, 1.807) is 0 Å². The lowest BCUT2D eigenvalue weighted by Gasteiger charge is -2.27. The summed E-state index contributed by atoms with van der Waals surface area (Å²) in [4.78, 5) is 0. The number of hydrogen-bond acceptors (Lipinski definition) is 7. The molecule has 0 spiro atoms. The molecular weight excluding hydrogens is 816 g/mol. The van der Waals surface area contributed by atoms with E-state index in [2.05, 4.69) is 148 Å². The number of alkyl halides is 1. The molecule has 0 fully saturated rings. The number of phenols is 3. The van der Waals surface area contributed by atoms with Gasteiger partial charge in [-0.05, 0) is 88.4 Å². The van der Waals surface area contributed by atoms with Crippen molar-refractivity contribution in [3.63, 3.8) is 0 Å². The van der Waals surface area contributed by atoms with Crippen LogP contribution >= 0.6 is 15.9 Å². The Hall–Kier alpha value is -3.56. The van der Waals surface area contributed by atoms with Crippen molar-refractivity contribution in [1.82, 2.24) is 0 Å². The van der Waals surface area contributed by atoms with Gasteiger partial charge in [0.25, 0.3) is 0 Å². The van der Waals surface area contributed by atoms with Gasteiger partial charge < -0.3 is 34.3 Å². The van der Waals surface area contributed by atoms with Crippen LogP contribution in [0, 0.1) is 0 Å². The van der Waals surface area contributed by atoms with Gasteiger partial charge in [-0.1, -0.05) is 148 Å². The second kappa shape index (κ2) is 19.2. The van der Waals surface area contributed by atoms with Crippen molar-refractivity contribution in [2.45, 2.75) is 130 Å². The highest BCUT2D eigenvalue weighted by Gasteiger charge is 2.28. The van der Waals surface area contributed by atoms with Crippen molar-refractivity contribution < 1.29 is 34.3 Å². The van der Waals surface area contributed by atoms with Crippen molar-refractivity contribution >= 4 is 15.9 Å². The third-order valence-corrected chi connectivity index (χ3v) is 11.8. The van der Waals surface area contributed by atoms with Crippen molar-refractivity contribution in [3.05, 3.63) is 115 Å². The van der Waals surface area contributed by atoms with E-state index in [4.69, 9.17) is 18.9 Å². The Morgan fingerprint density at radius 1 is 0.383 bits per heavy atom. The van der Waals surface area contributed by atoms with Gasteiger partial charge in [-0.15, -0.1) is 0 Å². The summed E-state index contributed by atoms with van der Waals surface area (Å²) >= 11 is 3.36. The molecule has 328 valence electrons. The Labute approximate surface area is 369 Å². The lowest BCUT2D eigenvalue weighted by Crippen LogP contribution is -2.17. The van der Waals surface area contributed by atoms with E-state index in [0.717, 1.165) is 77.8 Å². The Kier molecular flexibility index (Phi) is 15.2. The van der Waals surface area contributed by atoms with Crippen LogP contribution in [0.4, 0.5) is 0 Å². The normalized spacial score (nSPS) is 13.8. The minimum atomic E-state index is -0.205. The molecule has 0 aliphatic heterocycles. The van der Waals surface area contributed by atoms with Crippen molar-refractivity contribution in [3.8, 4) is 23.0 Å². The predicted octanol–water partition coefficient (Wildman–Crippen LogP) is 11.5. The standard InChI is InChI=1S/C52H71BrO7/c1-49(2,3)41-25-33-21-35-27-42(50(4,5)6)29-37(46(35)55)23-39-31-44(52(10,11)12)32-40(48(39)60-20-19-59-18-17-58-16-15-57-14-13-53)24-38-30-43(51(7,8)9)28-36(47(38)56)22-34(26-41)45(33)54/h25-32,54-56H,13-24H2,1-12H3. The fraction of sp³-hybridized carbons (Fsp3) is 0.538. The number of hydrogen-bond donors (Lipinski definition) is 3. The number of phenolic OH excluding ortho intramolecular Hbond substituents is 3. The average Bonchev–Trinajstić information content (AvgIpc) is 3.13. The molecule has 4 aromatic rings. The first-order valence-corrected chi connectivity index (χ1v) is 22.7. The summed E-state index contributed by atoms with van der Waals surface area (Å²) in [5, 5.41) is 37.5. The molecule has 4 aromatic carbocycles. The maximum atomic E-state index is 12.3.